The van der Waals surface area contributed by atoms with Crippen LogP contribution in [-0.4, -0.2) is 23.2 Å². The Bertz CT molecular complexity index is 712. The van der Waals surface area contributed by atoms with Gasteiger partial charge in [-0.2, -0.15) is 0 Å². The number of aryl methyl sites for hydroxylation is 1. The fraction of sp³-hybridized carbons (Fsp3) is 0.200. The van der Waals surface area contributed by atoms with Gasteiger partial charge in [0.2, 0.25) is 0 Å². The minimum absolute atomic E-state index is 0.337. The number of aromatic nitrogens is 1. The van der Waals surface area contributed by atoms with Crippen LogP contribution in [0.1, 0.15) is 16.3 Å². The predicted molar refractivity (Wildman–Crippen MR) is 88.5 cm³/mol. The summed E-state index contributed by atoms with van der Waals surface area (Å²) < 4.78 is 11.8. The fourth-order valence-corrected chi connectivity index (χ4v) is 2.94. The second kappa shape index (κ2) is 7.42. The number of carbonyl (C=O) groups is 1. The number of benzene rings is 1. The van der Waals surface area contributed by atoms with Gasteiger partial charge in [0, 0.05) is 11.5 Å². The lowest BCUT2D eigenvalue weighted by atomic mass is 10.2. The molecule has 0 amide bonds. The maximum Gasteiger partial charge on any atom is 0.328 e. The van der Waals surface area contributed by atoms with E-state index in [1.165, 1.54) is 13.2 Å². The largest absolute Gasteiger partial charge is 0.493 e. The molecule has 0 atom stereocenters. The first-order valence-corrected chi connectivity index (χ1v) is 7.99. The summed E-state index contributed by atoms with van der Waals surface area (Å²) in [6.45, 7) is 2.28. The van der Waals surface area contributed by atoms with Gasteiger partial charge in [0.05, 0.1) is 22.3 Å². The number of hydrogen-bond donors (Lipinski definition) is 1. The summed E-state index contributed by atoms with van der Waals surface area (Å²) in [5, 5.41) is 11.6. The Balaban J connectivity index is 2.21. The zero-order valence-corrected chi connectivity index (χ0v) is 14.4. The monoisotopic (exact) mass is 383 g/mol. The van der Waals surface area contributed by atoms with E-state index in [-0.39, 0.29) is 0 Å². The number of halogens is 1. The molecule has 1 N–H and O–H groups in total. The lowest BCUT2D eigenvalue weighted by molar-refractivity contribution is -0.131. The van der Waals surface area contributed by atoms with Crippen molar-refractivity contribution >= 4 is 39.3 Å². The molecule has 0 aliphatic carbocycles. The average molecular weight is 384 g/mol. The van der Waals surface area contributed by atoms with E-state index in [2.05, 4.69) is 20.9 Å². The van der Waals surface area contributed by atoms with Crippen LogP contribution in [0.2, 0.25) is 0 Å². The standard InChI is InChI=1S/C15H14BrNO4S/c1-9-17-11(8-22-9)7-21-15-12(16)5-10(3-4-14(18)19)6-13(15)20-2/h3-6,8H,7H2,1-2H3,(H,18,19). The Kier molecular flexibility index (Phi) is 5.57. The molecule has 0 unspecified atom stereocenters. The van der Waals surface area contributed by atoms with Crippen molar-refractivity contribution < 1.29 is 19.4 Å². The molecule has 0 radical (unpaired) electrons. The third-order valence-corrected chi connectivity index (χ3v) is 4.11. The van der Waals surface area contributed by atoms with E-state index in [4.69, 9.17) is 14.6 Å². The number of aliphatic carboxylic acids is 1. The summed E-state index contributed by atoms with van der Waals surface area (Å²) in [6, 6.07) is 3.48. The highest BCUT2D eigenvalue weighted by Crippen LogP contribution is 2.37. The second-order valence-electron chi connectivity index (χ2n) is 4.35. The van der Waals surface area contributed by atoms with Gasteiger partial charge in [0.25, 0.3) is 0 Å². The zero-order chi connectivity index (χ0) is 16.1. The molecule has 2 rings (SSSR count). The van der Waals surface area contributed by atoms with Gasteiger partial charge in [-0.05, 0) is 46.6 Å². The Labute approximate surface area is 140 Å². The van der Waals surface area contributed by atoms with Gasteiger partial charge in [-0.3, -0.25) is 0 Å². The van der Waals surface area contributed by atoms with Crippen molar-refractivity contribution in [3.05, 3.63) is 44.3 Å². The van der Waals surface area contributed by atoms with Crippen molar-refractivity contribution in [3.63, 3.8) is 0 Å². The summed E-state index contributed by atoms with van der Waals surface area (Å²) in [5.74, 6) is 0.0707. The molecule has 1 aromatic heterocycles. The number of methoxy groups -OCH3 is 1. The van der Waals surface area contributed by atoms with Crippen LogP contribution in [0.4, 0.5) is 0 Å². The zero-order valence-electron chi connectivity index (χ0n) is 12.0. The molecular formula is C15H14BrNO4S. The third kappa shape index (κ3) is 4.32. The summed E-state index contributed by atoms with van der Waals surface area (Å²) in [7, 11) is 1.53. The van der Waals surface area contributed by atoms with E-state index in [0.717, 1.165) is 16.8 Å². The maximum absolute atomic E-state index is 10.6. The smallest absolute Gasteiger partial charge is 0.328 e. The number of nitrogens with zero attached hydrogens (tertiary/aromatic N) is 1. The summed E-state index contributed by atoms with van der Waals surface area (Å²) in [5.41, 5.74) is 1.55. The Hall–Kier alpha value is -1.86. The summed E-state index contributed by atoms with van der Waals surface area (Å²) >= 11 is 4.99. The van der Waals surface area contributed by atoms with E-state index in [9.17, 15) is 4.79 Å². The highest BCUT2D eigenvalue weighted by molar-refractivity contribution is 9.10. The van der Waals surface area contributed by atoms with E-state index >= 15 is 0 Å². The van der Waals surface area contributed by atoms with Crippen LogP contribution >= 0.6 is 27.3 Å². The average Bonchev–Trinajstić information content (AvgIpc) is 2.89. The SMILES string of the molecule is COc1cc(C=CC(=O)O)cc(Br)c1OCc1csc(C)n1. The molecule has 1 heterocycles. The normalized spacial score (nSPS) is 10.9. The highest BCUT2D eigenvalue weighted by atomic mass is 79.9. The Morgan fingerprint density at radius 3 is 2.86 bits per heavy atom. The van der Waals surface area contributed by atoms with Gasteiger partial charge in [-0.15, -0.1) is 11.3 Å². The first kappa shape index (κ1) is 16.5. The van der Waals surface area contributed by atoms with Gasteiger partial charge in [-0.1, -0.05) is 0 Å². The molecule has 0 saturated heterocycles. The first-order chi connectivity index (χ1) is 10.5. The number of thiazole rings is 1. The van der Waals surface area contributed by atoms with E-state index in [1.54, 1.807) is 23.5 Å². The van der Waals surface area contributed by atoms with Crippen molar-refractivity contribution in [1.82, 2.24) is 4.98 Å². The molecule has 0 aliphatic rings. The van der Waals surface area contributed by atoms with E-state index < -0.39 is 5.97 Å². The minimum atomic E-state index is -1.01. The molecule has 2 aromatic rings. The lowest BCUT2D eigenvalue weighted by Crippen LogP contribution is -1.99. The van der Waals surface area contributed by atoms with Crippen molar-refractivity contribution in [1.29, 1.82) is 0 Å². The molecule has 22 heavy (non-hydrogen) atoms. The van der Waals surface area contributed by atoms with Crippen LogP contribution in [-0.2, 0) is 11.4 Å². The molecule has 116 valence electrons. The van der Waals surface area contributed by atoms with Crippen LogP contribution in [0.25, 0.3) is 6.08 Å². The number of carboxylic acid groups (broad SMARTS) is 1. The molecule has 0 fully saturated rings. The summed E-state index contributed by atoms with van der Waals surface area (Å²) in [6.07, 6.45) is 2.56. The van der Waals surface area contributed by atoms with Crippen LogP contribution in [0, 0.1) is 6.92 Å². The topological polar surface area (TPSA) is 68.7 Å². The fourth-order valence-electron chi connectivity index (χ4n) is 1.76. The van der Waals surface area contributed by atoms with Crippen LogP contribution < -0.4 is 9.47 Å². The van der Waals surface area contributed by atoms with Crippen molar-refractivity contribution in [2.45, 2.75) is 13.5 Å². The minimum Gasteiger partial charge on any atom is -0.493 e. The second-order valence-corrected chi connectivity index (χ2v) is 6.27. The molecule has 0 saturated carbocycles. The van der Waals surface area contributed by atoms with Gasteiger partial charge in [0.15, 0.2) is 11.5 Å². The van der Waals surface area contributed by atoms with Gasteiger partial charge in [-0.25, -0.2) is 9.78 Å². The maximum atomic E-state index is 10.6. The van der Waals surface area contributed by atoms with Gasteiger partial charge >= 0.3 is 5.97 Å². The molecule has 0 spiro atoms. The molecule has 0 aliphatic heterocycles. The number of carboxylic acids is 1. The molecule has 5 nitrogen and oxygen atoms in total. The first-order valence-electron chi connectivity index (χ1n) is 6.32. The van der Waals surface area contributed by atoms with Crippen molar-refractivity contribution in [3.8, 4) is 11.5 Å². The Morgan fingerprint density at radius 2 is 2.27 bits per heavy atom. The molecule has 1 aromatic carbocycles. The summed E-state index contributed by atoms with van der Waals surface area (Å²) in [4.78, 5) is 14.9. The van der Waals surface area contributed by atoms with Crippen molar-refractivity contribution in [2.75, 3.05) is 7.11 Å². The van der Waals surface area contributed by atoms with Crippen molar-refractivity contribution in [2.24, 2.45) is 0 Å². The van der Waals surface area contributed by atoms with Crippen LogP contribution in [0.15, 0.2) is 28.1 Å². The van der Waals surface area contributed by atoms with Gasteiger partial charge in [0.1, 0.15) is 6.61 Å². The molecular weight excluding hydrogens is 370 g/mol. The van der Waals surface area contributed by atoms with E-state index in [0.29, 0.717) is 28.1 Å². The highest BCUT2D eigenvalue weighted by Gasteiger charge is 2.12. The third-order valence-electron chi connectivity index (χ3n) is 2.70. The number of hydrogen-bond acceptors (Lipinski definition) is 5. The van der Waals surface area contributed by atoms with E-state index in [1.807, 2.05) is 12.3 Å². The quantitative estimate of drug-likeness (QED) is 0.766. The Morgan fingerprint density at radius 1 is 1.50 bits per heavy atom. The number of ether oxygens (including phenoxy) is 2. The van der Waals surface area contributed by atoms with Crippen LogP contribution in [0.3, 0.4) is 0 Å². The number of rotatable bonds is 6. The molecule has 0 bridgehead atoms. The van der Waals surface area contributed by atoms with Crippen LogP contribution in [0.5, 0.6) is 11.5 Å². The lowest BCUT2D eigenvalue weighted by Gasteiger charge is -2.12. The predicted octanol–water partition coefficient (Wildman–Crippen LogP) is 3.90. The molecule has 7 heteroatoms. The van der Waals surface area contributed by atoms with Gasteiger partial charge < -0.3 is 14.6 Å².